The van der Waals surface area contributed by atoms with Crippen molar-refractivity contribution in [2.45, 2.75) is 26.2 Å². The van der Waals surface area contributed by atoms with Crippen LogP contribution in [0.25, 0.3) is 0 Å². The van der Waals surface area contributed by atoms with E-state index in [1.165, 1.54) is 6.07 Å². The van der Waals surface area contributed by atoms with Gasteiger partial charge in [0.25, 0.3) is 5.91 Å². The van der Waals surface area contributed by atoms with Crippen LogP contribution >= 0.6 is 0 Å². The van der Waals surface area contributed by atoms with Gasteiger partial charge in [-0.25, -0.2) is 4.79 Å². The highest BCUT2D eigenvalue weighted by atomic mass is 16.4. The van der Waals surface area contributed by atoms with Gasteiger partial charge in [0, 0.05) is 6.07 Å². The van der Waals surface area contributed by atoms with Gasteiger partial charge in [-0.05, 0) is 11.5 Å². The largest absolute Gasteiger partial charge is 0.426 e. The van der Waals surface area contributed by atoms with Crippen molar-refractivity contribution >= 4 is 11.8 Å². The second kappa shape index (κ2) is 3.59. The van der Waals surface area contributed by atoms with Gasteiger partial charge in [0.2, 0.25) is 5.91 Å². The Balaban J connectivity index is 2.70. The molecule has 0 saturated carbocycles. The van der Waals surface area contributed by atoms with E-state index in [9.17, 15) is 14.4 Å². The fourth-order valence-electron chi connectivity index (χ4n) is 1.78. The Labute approximate surface area is 91.5 Å². The summed E-state index contributed by atoms with van der Waals surface area (Å²) in [6.45, 7) is 3.75. The Kier molecular flexibility index (Phi) is 2.38. The van der Waals surface area contributed by atoms with Gasteiger partial charge >= 0.3 is 5.63 Å². The SMILES string of the molecule is CC(C)c1cc(=O)oc2c1C(=O)NC(=O)C2. The number of carbonyl (C=O) groups excluding carboxylic acids is 2. The molecule has 1 aromatic heterocycles. The minimum Gasteiger partial charge on any atom is -0.426 e. The van der Waals surface area contributed by atoms with E-state index >= 15 is 0 Å². The molecular formula is C11H11NO4. The summed E-state index contributed by atoms with van der Waals surface area (Å²) in [6, 6.07) is 1.30. The minimum absolute atomic E-state index is 0.0248. The van der Waals surface area contributed by atoms with E-state index in [1.807, 2.05) is 13.8 Å². The number of hydrogen-bond donors (Lipinski definition) is 1. The van der Waals surface area contributed by atoms with Crippen molar-refractivity contribution in [1.29, 1.82) is 0 Å². The lowest BCUT2D eigenvalue weighted by Crippen LogP contribution is -2.38. The predicted octanol–water partition coefficient (Wildman–Crippen LogP) is 0.576. The van der Waals surface area contributed by atoms with Crippen LogP contribution in [-0.2, 0) is 11.2 Å². The lowest BCUT2D eigenvalue weighted by molar-refractivity contribution is -0.120. The second-order valence-corrected chi connectivity index (χ2v) is 4.03. The van der Waals surface area contributed by atoms with Crippen LogP contribution in [0.2, 0.25) is 0 Å². The molecule has 1 aliphatic heterocycles. The van der Waals surface area contributed by atoms with Gasteiger partial charge in [0.1, 0.15) is 5.76 Å². The van der Waals surface area contributed by atoms with E-state index in [4.69, 9.17) is 4.42 Å². The van der Waals surface area contributed by atoms with E-state index in [-0.39, 0.29) is 18.1 Å². The number of imide groups is 1. The van der Waals surface area contributed by atoms with Crippen LogP contribution in [0.5, 0.6) is 0 Å². The molecule has 0 fully saturated rings. The maximum atomic E-state index is 11.6. The van der Waals surface area contributed by atoms with Crippen molar-refractivity contribution < 1.29 is 14.0 Å². The van der Waals surface area contributed by atoms with Crippen molar-refractivity contribution in [2.24, 2.45) is 0 Å². The van der Waals surface area contributed by atoms with Crippen LogP contribution in [-0.4, -0.2) is 11.8 Å². The zero-order valence-corrected chi connectivity index (χ0v) is 8.99. The Morgan fingerprint density at radius 2 is 2.00 bits per heavy atom. The Hall–Kier alpha value is -1.91. The van der Waals surface area contributed by atoms with Crippen molar-refractivity contribution in [3.63, 3.8) is 0 Å². The molecular weight excluding hydrogens is 210 g/mol. The monoisotopic (exact) mass is 221 g/mol. The third-order valence-electron chi connectivity index (χ3n) is 2.49. The van der Waals surface area contributed by atoms with Crippen LogP contribution in [0.15, 0.2) is 15.3 Å². The summed E-state index contributed by atoms with van der Waals surface area (Å²) < 4.78 is 4.89. The van der Waals surface area contributed by atoms with Gasteiger partial charge in [-0.3, -0.25) is 14.9 Å². The van der Waals surface area contributed by atoms with E-state index in [0.29, 0.717) is 11.1 Å². The predicted molar refractivity (Wildman–Crippen MR) is 55.2 cm³/mol. The molecule has 0 saturated heterocycles. The first-order valence-electron chi connectivity index (χ1n) is 5.00. The van der Waals surface area contributed by atoms with Crippen LogP contribution in [0.1, 0.15) is 41.4 Å². The van der Waals surface area contributed by atoms with Gasteiger partial charge in [0.05, 0.1) is 12.0 Å². The summed E-state index contributed by atoms with van der Waals surface area (Å²) in [7, 11) is 0. The first-order valence-corrected chi connectivity index (χ1v) is 5.00. The summed E-state index contributed by atoms with van der Waals surface area (Å²) in [5.41, 5.74) is 0.426. The number of carbonyl (C=O) groups is 2. The van der Waals surface area contributed by atoms with Gasteiger partial charge in [-0.2, -0.15) is 0 Å². The molecule has 0 radical (unpaired) electrons. The molecule has 16 heavy (non-hydrogen) atoms. The maximum absolute atomic E-state index is 11.6. The van der Waals surface area contributed by atoms with E-state index < -0.39 is 17.4 Å². The van der Waals surface area contributed by atoms with E-state index in [0.717, 1.165) is 0 Å². The summed E-state index contributed by atoms with van der Waals surface area (Å²) >= 11 is 0. The highest BCUT2D eigenvalue weighted by molar-refractivity contribution is 6.09. The normalized spacial score (nSPS) is 14.9. The molecule has 0 aromatic carbocycles. The van der Waals surface area contributed by atoms with E-state index in [2.05, 4.69) is 5.32 Å². The van der Waals surface area contributed by atoms with Crippen LogP contribution in [0, 0.1) is 0 Å². The van der Waals surface area contributed by atoms with Crippen molar-refractivity contribution in [3.8, 4) is 0 Å². The average Bonchev–Trinajstić information content (AvgIpc) is 2.14. The van der Waals surface area contributed by atoms with Gasteiger partial charge in [-0.15, -0.1) is 0 Å². The summed E-state index contributed by atoms with van der Waals surface area (Å²) in [6.07, 6.45) is -0.0587. The standard InChI is InChI=1S/C11H11NO4/c1-5(2)6-3-9(14)16-7-4-8(13)12-11(15)10(6)7/h3,5H,4H2,1-2H3,(H,12,13,15). The average molecular weight is 221 g/mol. The van der Waals surface area contributed by atoms with Crippen molar-refractivity contribution in [1.82, 2.24) is 5.32 Å². The second-order valence-electron chi connectivity index (χ2n) is 4.03. The van der Waals surface area contributed by atoms with Crippen molar-refractivity contribution in [2.75, 3.05) is 0 Å². The number of amides is 2. The van der Waals surface area contributed by atoms with Crippen LogP contribution in [0.4, 0.5) is 0 Å². The molecule has 0 aliphatic carbocycles. The Morgan fingerprint density at radius 3 is 2.62 bits per heavy atom. The zero-order chi connectivity index (χ0) is 11.9. The lowest BCUT2D eigenvalue weighted by Gasteiger charge is -2.18. The lowest BCUT2D eigenvalue weighted by atomic mass is 9.94. The van der Waals surface area contributed by atoms with Crippen LogP contribution in [0.3, 0.4) is 0 Å². The molecule has 0 bridgehead atoms. The number of rotatable bonds is 1. The summed E-state index contributed by atoms with van der Waals surface area (Å²) in [5.74, 6) is -0.734. The molecule has 84 valence electrons. The number of hydrogen-bond acceptors (Lipinski definition) is 4. The van der Waals surface area contributed by atoms with Crippen LogP contribution < -0.4 is 10.9 Å². The minimum atomic E-state index is -0.523. The Bertz CT molecular complexity index is 527. The highest BCUT2D eigenvalue weighted by Crippen LogP contribution is 2.23. The quantitative estimate of drug-likeness (QED) is 0.703. The molecule has 1 aliphatic rings. The molecule has 1 aromatic rings. The molecule has 1 N–H and O–H groups in total. The first-order chi connectivity index (χ1) is 7.49. The highest BCUT2D eigenvalue weighted by Gasteiger charge is 2.28. The molecule has 5 nitrogen and oxygen atoms in total. The molecule has 0 spiro atoms. The summed E-state index contributed by atoms with van der Waals surface area (Å²) in [5, 5.41) is 2.21. The number of nitrogens with one attached hydrogen (secondary N) is 1. The maximum Gasteiger partial charge on any atom is 0.336 e. The molecule has 2 amide bonds. The molecule has 2 heterocycles. The molecule has 0 atom stereocenters. The first kappa shape index (κ1) is 10.6. The van der Waals surface area contributed by atoms with Gasteiger partial charge in [0.15, 0.2) is 0 Å². The van der Waals surface area contributed by atoms with E-state index in [1.54, 1.807) is 0 Å². The molecule has 5 heteroatoms. The smallest absolute Gasteiger partial charge is 0.336 e. The summed E-state index contributed by atoms with van der Waals surface area (Å²) in [4.78, 5) is 34.0. The third kappa shape index (κ3) is 1.64. The fourth-order valence-corrected chi connectivity index (χ4v) is 1.78. The number of fused-ring (bicyclic) bond motifs is 1. The zero-order valence-electron chi connectivity index (χ0n) is 8.99. The van der Waals surface area contributed by atoms with Crippen molar-refractivity contribution in [3.05, 3.63) is 33.4 Å². The van der Waals surface area contributed by atoms with Gasteiger partial charge in [-0.1, -0.05) is 13.8 Å². The Morgan fingerprint density at radius 1 is 1.31 bits per heavy atom. The fraction of sp³-hybridized carbons (Fsp3) is 0.364. The topological polar surface area (TPSA) is 76.4 Å². The third-order valence-corrected chi connectivity index (χ3v) is 2.49. The van der Waals surface area contributed by atoms with Gasteiger partial charge < -0.3 is 4.42 Å². The molecule has 0 unspecified atom stereocenters. The molecule has 2 rings (SSSR count).